The highest BCUT2D eigenvalue weighted by Crippen LogP contribution is 2.36. The first-order chi connectivity index (χ1) is 16.4. The molecule has 1 saturated heterocycles. The first-order valence-corrected chi connectivity index (χ1v) is 12.5. The molecule has 2 aromatic carbocycles. The normalized spacial score (nSPS) is 17.1. The minimum atomic E-state index is -0.758. The van der Waals surface area contributed by atoms with Crippen LogP contribution in [0.3, 0.4) is 0 Å². The summed E-state index contributed by atoms with van der Waals surface area (Å²) in [5.41, 5.74) is 3.36. The van der Waals surface area contributed by atoms with Gasteiger partial charge in [-0.2, -0.15) is 0 Å². The van der Waals surface area contributed by atoms with Crippen LogP contribution in [0.2, 0.25) is 0 Å². The smallest absolute Gasteiger partial charge is 0.323 e. The number of anilines is 1. The second-order valence-electron chi connectivity index (χ2n) is 9.32. The van der Waals surface area contributed by atoms with Crippen molar-refractivity contribution in [3.63, 3.8) is 0 Å². The van der Waals surface area contributed by atoms with Gasteiger partial charge in [0.05, 0.1) is 16.8 Å². The zero-order valence-corrected chi connectivity index (χ0v) is 20.3. The number of hydrogen-bond acceptors (Lipinski definition) is 5. The second kappa shape index (κ2) is 8.83. The molecule has 5 rings (SSSR count). The topological polar surface area (TPSA) is 82.6 Å². The summed E-state index contributed by atoms with van der Waals surface area (Å²) in [5.74, 6) is -0.353. The maximum Gasteiger partial charge on any atom is 0.325 e. The van der Waals surface area contributed by atoms with Gasteiger partial charge in [0, 0.05) is 13.0 Å². The number of urea groups is 1. The summed E-state index contributed by atoms with van der Waals surface area (Å²) in [4.78, 5) is 46.7. The summed E-state index contributed by atoms with van der Waals surface area (Å²) in [6.07, 6.45) is 3.26. The molecule has 2 heterocycles. The number of aromatic nitrogens is 1. The molecule has 0 unspecified atom stereocenters. The van der Waals surface area contributed by atoms with Crippen LogP contribution < -0.4 is 10.2 Å². The van der Waals surface area contributed by atoms with Crippen LogP contribution in [-0.4, -0.2) is 39.8 Å². The number of imide groups is 1. The highest BCUT2D eigenvalue weighted by molar-refractivity contribution is 7.22. The predicted octanol–water partition coefficient (Wildman–Crippen LogP) is 4.70. The van der Waals surface area contributed by atoms with Crippen molar-refractivity contribution in [1.29, 1.82) is 0 Å². The standard InChI is InChI=1S/C26H28N4O3S/c1-17-14-18(2)22-20(15-17)34-25(27-22)30(16-19-8-4-3-5-9-19)21(31)10-13-29-23(32)26(28-24(29)33)11-6-7-12-26/h3-5,8-9,14-15H,6-7,10-13,16H2,1-2H3,(H,28,33). The first-order valence-electron chi connectivity index (χ1n) is 11.7. The largest absolute Gasteiger partial charge is 0.325 e. The zero-order valence-electron chi connectivity index (χ0n) is 19.5. The van der Waals surface area contributed by atoms with Gasteiger partial charge in [-0.3, -0.25) is 19.4 Å². The van der Waals surface area contributed by atoms with E-state index in [0.29, 0.717) is 24.5 Å². The summed E-state index contributed by atoms with van der Waals surface area (Å²) in [5, 5.41) is 3.51. The number of carbonyl (C=O) groups is 3. The Kier molecular flexibility index (Phi) is 5.85. The average molecular weight is 477 g/mol. The molecular formula is C26H28N4O3S. The molecule has 0 atom stereocenters. The number of amides is 4. The first kappa shape index (κ1) is 22.5. The SMILES string of the molecule is Cc1cc(C)c2nc(N(Cc3ccccc3)C(=O)CCN3C(=O)NC4(CCCC4)C3=O)sc2c1. The van der Waals surface area contributed by atoms with E-state index in [1.165, 1.54) is 16.2 Å². The van der Waals surface area contributed by atoms with Gasteiger partial charge < -0.3 is 5.32 Å². The fraction of sp³-hybridized carbons (Fsp3) is 0.385. The summed E-state index contributed by atoms with van der Waals surface area (Å²) >= 11 is 1.49. The number of nitrogens with zero attached hydrogens (tertiary/aromatic N) is 3. The second-order valence-corrected chi connectivity index (χ2v) is 10.3. The number of benzene rings is 2. The highest BCUT2D eigenvalue weighted by Gasteiger charge is 2.52. The molecule has 0 radical (unpaired) electrons. The number of rotatable bonds is 6. The molecule has 1 aliphatic heterocycles. The molecule has 34 heavy (non-hydrogen) atoms. The van der Waals surface area contributed by atoms with Gasteiger partial charge >= 0.3 is 6.03 Å². The van der Waals surface area contributed by atoms with Crippen molar-refractivity contribution in [2.24, 2.45) is 0 Å². The van der Waals surface area contributed by atoms with Crippen LogP contribution >= 0.6 is 11.3 Å². The van der Waals surface area contributed by atoms with E-state index in [4.69, 9.17) is 4.98 Å². The molecule has 1 N–H and O–H groups in total. The molecule has 176 valence electrons. The molecule has 2 aliphatic rings. The van der Waals surface area contributed by atoms with Crippen LogP contribution in [0.5, 0.6) is 0 Å². The van der Waals surface area contributed by atoms with Crippen LogP contribution in [-0.2, 0) is 16.1 Å². The van der Waals surface area contributed by atoms with Gasteiger partial charge in [-0.25, -0.2) is 9.78 Å². The molecule has 0 bridgehead atoms. The Morgan fingerprint density at radius 2 is 1.88 bits per heavy atom. The lowest BCUT2D eigenvalue weighted by molar-refractivity contribution is -0.131. The van der Waals surface area contributed by atoms with E-state index in [2.05, 4.69) is 17.4 Å². The lowest BCUT2D eigenvalue weighted by Crippen LogP contribution is -2.44. The maximum absolute atomic E-state index is 13.5. The van der Waals surface area contributed by atoms with Gasteiger partial charge in [-0.1, -0.05) is 60.6 Å². The highest BCUT2D eigenvalue weighted by atomic mass is 32.1. The Bertz CT molecular complexity index is 1260. The summed E-state index contributed by atoms with van der Waals surface area (Å²) in [6, 6.07) is 13.6. The third kappa shape index (κ3) is 4.07. The number of fused-ring (bicyclic) bond motifs is 1. The Balaban J connectivity index is 1.39. The van der Waals surface area contributed by atoms with E-state index in [1.807, 2.05) is 44.2 Å². The van der Waals surface area contributed by atoms with Gasteiger partial charge in [0.25, 0.3) is 5.91 Å². The third-order valence-corrected chi connectivity index (χ3v) is 7.81. The van der Waals surface area contributed by atoms with Crippen molar-refractivity contribution in [2.75, 3.05) is 11.4 Å². The molecule has 2 fully saturated rings. The fourth-order valence-electron chi connectivity index (χ4n) is 5.04. The Hall–Kier alpha value is -3.26. The minimum absolute atomic E-state index is 0.0516. The Labute approximate surface area is 202 Å². The van der Waals surface area contributed by atoms with Crippen LogP contribution in [0.25, 0.3) is 10.2 Å². The van der Waals surface area contributed by atoms with E-state index in [0.717, 1.165) is 39.7 Å². The Morgan fingerprint density at radius 3 is 2.62 bits per heavy atom. The van der Waals surface area contributed by atoms with Crippen molar-refractivity contribution in [1.82, 2.24) is 15.2 Å². The van der Waals surface area contributed by atoms with Crippen LogP contribution in [0, 0.1) is 13.8 Å². The third-order valence-electron chi connectivity index (χ3n) is 6.79. The number of carbonyl (C=O) groups excluding carboxylic acids is 3. The van der Waals surface area contributed by atoms with Gasteiger partial charge in [0.2, 0.25) is 5.91 Å². The van der Waals surface area contributed by atoms with Gasteiger partial charge in [-0.15, -0.1) is 0 Å². The minimum Gasteiger partial charge on any atom is -0.323 e. The molecular weight excluding hydrogens is 448 g/mol. The Morgan fingerprint density at radius 1 is 1.15 bits per heavy atom. The summed E-state index contributed by atoms with van der Waals surface area (Å²) in [7, 11) is 0. The van der Waals surface area contributed by atoms with Crippen molar-refractivity contribution in [3.05, 3.63) is 59.2 Å². The molecule has 8 heteroatoms. The predicted molar refractivity (Wildman–Crippen MR) is 133 cm³/mol. The molecule has 3 aromatic rings. The zero-order chi connectivity index (χ0) is 23.9. The number of nitrogens with one attached hydrogen (secondary N) is 1. The van der Waals surface area contributed by atoms with Gasteiger partial charge in [0.15, 0.2) is 5.13 Å². The number of aryl methyl sites for hydroxylation is 2. The maximum atomic E-state index is 13.5. The molecule has 1 spiro atoms. The van der Waals surface area contributed by atoms with Gasteiger partial charge in [-0.05, 0) is 49.4 Å². The van der Waals surface area contributed by atoms with E-state index in [1.54, 1.807) is 4.90 Å². The fourth-order valence-corrected chi connectivity index (χ4v) is 6.20. The summed E-state index contributed by atoms with van der Waals surface area (Å²) in [6.45, 7) is 4.52. The van der Waals surface area contributed by atoms with Crippen molar-refractivity contribution in [2.45, 2.75) is 58.0 Å². The van der Waals surface area contributed by atoms with Gasteiger partial charge in [0.1, 0.15) is 5.54 Å². The van der Waals surface area contributed by atoms with Crippen molar-refractivity contribution >= 4 is 44.5 Å². The number of thiazole rings is 1. The van der Waals surface area contributed by atoms with E-state index < -0.39 is 5.54 Å². The van der Waals surface area contributed by atoms with Crippen molar-refractivity contribution < 1.29 is 14.4 Å². The average Bonchev–Trinajstić information content (AvgIpc) is 3.51. The lowest BCUT2D eigenvalue weighted by Gasteiger charge is -2.22. The summed E-state index contributed by atoms with van der Waals surface area (Å²) < 4.78 is 1.04. The van der Waals surface area contributed by atoms with Crippen molar-refractivity contribution in [3.8, 4) is 0 Å². The molecule has 7 nitrogen and oxygen atoms in total. The lowest BCUT2D eigenvalue weighted by atomic mass is 9.98. The van der Waals surface area contributed by atoms with Crippen LogP contribution in [0.1, 0.15) is 48.8 Å². The van der Waals surface area contributed by atoms with E-state index >= 15 is 0 Å². The quantitative estimate of drug-likeness (QED) is 0.523. The number of hydrogen-bond donors (Lipinski definition) is 1. The van der Waals surface area contributed by atoms with Crippen LogP contribution in [0.15, 0.2) is 42.5 Å². The van der Waals surface area contributed by atoms with Crippen LogP contribution in [0.4, 0.5) is 9.93 Å². The molecule has 1 aromatic heterocycles. The van der Waals surface area contributed by atoms with E-state index in [9.17, 15) is 14.4 Å². The molecule has 1 saturated carbocycles. The molecule has 1 aliphatic carbocycles. The van der Waals surface area contributed by atoms with E-state index in [-0.39, 0.29) is 30.8 Å². The monoisotopic (exact) mass is 476 g/mol. The molecule has 4 amide bonds.